The van der Waals surface area contributed by atoms with E-state index in [0.717, 1.165) is 5.56 Å². The van der Waals surface area contributed by atoms with E-state index < -0.39 is 0 Å². The minimum absolute atomic E-state index is 0.123. The summed E-state index contributed by atoms with van der Waals surface area (Å²) in [4.78, 5) is 0. The molecule has 0 amide bonds. The first-order chi connectivity index (χ1) is 6.25. The van der Waals surface area contributed by atoms with Gasteiger partial charge in [-0.2, -0.15) is 0 Å². The van der Waals surface area contributed by atoms with Crippen molar-refractivity contribution in [3.8, 4) is 0 Å². The number of hydrogen-bond donors (Lipinski definition) is 2. The van der Waals surface area contributed by atoms with Crippen LogP contribution in [-0.4, -0.2) is 18.3 Å². The molecule has 2 nitrogen and oxygen atoms in total. The van der Waals surface area contributed by atoms with E-state index in [4.69, 9.17) is 28.3 Å². The van der Waals surface area contributed by atoms with Crippen LogP contribution in [0.1, 0.15) is 5.56 Å². The Morgan fingerprint density at radius 3 is 2.77 bits per heavy atom. The van der Waals surface area contributed by atoms with Gasteiger partial charge in [-0.15, -0.1) is 0 Å². The highest BCUT2D eigenvalue weighted by atomic mass is 35.5. The molecule has 0 aliphatic carbocycles. The lowest BCUT2D eigenvalue weighted by Crippen LogP contribution is -2.17. The van der Waals surface area contributed by atoms with Crippen LogP contribution in [0.25, 0.3) is 0 Å². The summed E-state index contributed by atoms with van der Waals surface area (Å²) in [5, 5.41) is 12.7. The standard InChI is InChI=1S/C9H11Cl2NO/c10-8-3-1-2-7(9(8)11)6-12-4-5-13/h1-3,12-13H,4-6H2. The van der Waals surface area contributed by atoms with Crippen LogP contribution in [0.4, 0.5) is 0 Å². The second-order valence-electron chi connectivity index (χ2n) is 2.61. The van der Waals surface area contributed by atoms with Crippen LogP contribution in [-0.2, 0) is 6.54 Å². The molecule has 0 unspecified atom stereocenters. The van der Waals surface area contributed by atoms with Crippen molar-refractivity contribution in [2.45, 2.75) is 6.54 Å². The van der Waals surface area contributed by atoms with Crippen molar-refractivity contribution in [2.75, 3.05) is 13.2 Å². The van der Waals surface area contributed by atoms with Crippen LogP contribution in [0.15, 0.2) is 18.2 Å². The van der Waals surface area contributed by atoms with Crippen molar-refractivity contribution in [2.24, 2.45) is 0 Å². The fourth-order valence-electron chi connectivity index (χ4n) is 0.987. The van der Waals surface area contributed by atoms with Crippen LogP contribution in [0.3, 0.4) is 0 Å². The maximum atomic E-state index is 8.55. The largest absolute Gasteiger partial charge is 0.395 e. The molecule has 72 valence electrons. The first-order valence-corrected chi connectivity index (χ1v) is 4.75. The van der Waals surface area contributed by atoms with Crippen LogP contribution < -0.4 is 5.32 Å². The number of benzene rings is 1. The molecule has 0 atom stereocenters. The van der Waals surface area contributed by atoms with Gasteiger partial charge in [0, 0.05) is 13.1 Å². The van der Waals surface area contributed by atoms with E-state index in [9.17, 15) is 0 Å². The lowest BCUT2D eigenvalue weighted by Gasteiger charge is -2.05. The van der Waals surface area contributed by atoms with E-state index in [-0.39, 0.29) is 6.61 Å². The summed E-state index contributed by atoms with van der Waals surface area (Å²) in [6.45, 7) is 1.31. The number of rotatable bonds is 4. The molecule has 0 bridgehead atoms. The number of aliphatic hydroxyl groups excluding tert-OH is 1. The third kappa shape index (κ3) is 3.16. The topological polar surface area (TPSA) is 32.3 Å². The van der Waals surface area contributed by atoms with E-state index in [0.29, 0.717) is 23.1 Å². The maximum absolute atomic E-state index is 8.55. The third-order valence-electron chi connectivity index (χ3n) is 1.64. The number of halogens is 2. The van der Waals surface area contributed by atoms with Gasteiger partial charge < -0.3 is 10.4 Å². The van der Waals surface area contributed by atoms with Crippen LogP contribution in [0.2, 0.25) is 10.0 Å². The quantitative estimate of drug-likeness (QED) is 0.761. The minimum atomic E-state index is 0.123. The SMILES string of the molecule is OCCNCc1cccc(Cl)c1Cl. The van der Waals surface area contributed by atoms with E-state index in [1.165, 1.54) is 0 Å². The molecule has 13 heavy (non-hydrogen) atoms. The Balaban J connectivity index is 2.61. The van der Waals surface area contributed by atoms with Gasteiger partial charge in [0.2, 0.25) is 0 Å². The zero-order valence-corrected chi connectivity index (χ0v) is 8.57. The highest BCUT2D eigenvalue weighted by Gasteiger charge is 2.02. The zero-order valence-electron chi connectivity index (χ0n) is 7.06. The molecule has 4 heteroatoms. The maximum Gasteiger partial charge on any atom is 0.0637 e. The number of nitrogens with one attached hydrogen (secondary N) is 1. The Labute approximate surface area is 87.5 Å². The van der Waals surface area contributed by atoms with Crippen molar-refractivity contribution in [3.63, 3.8) is 0 Å². The molecule has 0 aliphatic heterocycles. The Bertz CT molecular complexity index is 278. The Morgan fingerprint density at radius 1 is 1.31 bits per heavy atom. The molecule has 0 radical (unpaired) electrons. The molecule has 0 spiro atoms. The lowest BCUT2D eigenvalue weighted by molar-refractivity contribution is 0.292. The van der Waals surface area contributed by atoms with Gasteiger partial charge in [-0.1, -0.05) is 35.3 Å². The van der Waals surface area contributed by atoms with Gasteiger partial charge in [-0.25, -0.2) is 0 Å². The van der Waals surface area contributed by atoms with Gasteiger partial charge in [0.05, 0.1) is 16.7 Å². The number of aliphatic hydroxyl groups is 1. The van der Waals surface area contributed by atoms with Crippen molar-refractivity contribution in [3.05, 3.63) is 33.8 Å². The number of hydrogen-bond acceptors (Lipinski definition) is 2. The van der Waals surface area contributed by atoms with Crippen LogP contribution in [0, 0.1) is 0 Å². The summed E-state index contributed by atoms with van der Waals surface area (Å²) in [5.74, 6) is 0. The summed E-state index contributed by atoms with van der Waals surface area (Å²) in [6, 6.07) is 5.50. The minimum Gasteiger partial charge on any atom is -0.395 e. The predicted octanol–water partition coefficient (Wildman–Crippen LogP) is 2.08. The lowest BCUT2D eigenvalue weighted by atomic mass is 10.2. The van der Waals surface area contributed by atoms with E-state index in [2.05, 4.69) is 5.32 Å². The molecule has 1 aromatic carbocycles. The van der Waals surface area contributed by atoms with E-state index in [1.807, 2.05) is 12.1 Å². The second-order valence-corrected chi connectivity index (χ2v) is 3.40. The molecule has 2 N–H and O–H groups in total. The average molecular weight is 220 g/mol. The van der Waals surface area contributed by atoms with Gasteiger partial charge in [0.15, 0.2) is 0 Å². The highest BCUT2D eigenvalue weighted by molar-refractivity contribution is 6.42. The van der Waals surface area contributed by atoms with E-state index in [1.54, 1.807) is 6.07 Å². The summed E-state index contributed by atoms with van der Waals surface area (Å²) in [5.41, 5.74) is 0.947. The van der Waals surface area contributed by atoms with Crippen LogP contribution in [0.5, 0.6) is 0 Å². The molecule has 0 heterocycles. The summed E-state index contributed by atoms with van der Waals surface area (Å²) in [7, 11) is 0. The normalized spacial score (nSPS) is 10.4. The summed E-state index contributed by atoms with van der Waals surface area (Å²) < 4.78 is 0. The fourth-order valence-corrected chi connectivity index (χ4v) is 1.37. The molecule has 0 aromatic heterocycles. The molecule has 0 aliphatic rings. The first kappa shape index (κ1) is 10.8. The van der Waals surface area contributed by atoms with Crippen molar-refractivity contribution < 1.29 is 5.11 Å². The third-order valence-corrected chi connectivity index (χ3v) is 2.49. The van der Waals surface area contributed by atoms with Crippen molar-refractivity contribution in [1.82, 2.24) is 5.32 Å². The van der Waals surface area contributed by atoms with Gasteiger partial charge in [0.1, 0.15) is 0 Å². The van der Waals surface area contributed by atoms with Gasteiger partial charge in [-0.05, 0) is 11.6 Å². The van der Waals surface area contributed by atoms with Crippen molar-refractivity contribution in [1.29, 1.82) is 0 Å². The molecule has 1 rings (SSSR count). The monoisotopic (exact) mass is 219 g/mol. The van der Waals surface area contributed by atoms with Gasteiger partial charge >= 0.3 is 0 Å². The average Bonchev–Trinajstić information content (AvgIpc) is 2.13. The fraction of sp³-hybridized carbons (Fsp3) is 0.333. The molecule has 0 fully saturated rings. The second kappa shape index (κ2) is 5.45. The molecular formula is C9H11Cl2NO. The summed E-state index contributed by atoms with van der Waals surface area (Å²) in [6.07, 6.45) is 0. The van der Waals surface area contributed by atoms with E-state index >= 15 is 0 Å². The zero-order chi connectivity index (χ0) is 9.68. The molecule has 0 saturated heterocycles. The summed E-state index contributed by atoms with van der Waals surface area (Å²) >= 11 is 11.8. The predicted molar refractivity (Wildman–Crippen MR) is 55.3 cm³/mol. The molecular weight excluding hydrogens is 209 g/mol. The highest BCUT2D eigenvalue weighted by Crippen LogP contribution is 2.25. The molecule has 0 saturated carbocycles. The van der Waals surface area contributed by atoms with Gasteiger partial charge in [0.25, 0.3) is 0 Å². The Hall–Kier alpha value is -0.280. The van der Waals surface area contributed by atoms with Gasteiger partial charge in [-0.3, -0.25) is 0 Å². The first-order valence-electron chi connectivity index (χ1n) is 4.00. The smallest absolute Gasteiger partial charge is 0.0637 e. The molecule has 1 aromatic rings. The van der Waals surface area contributed by atoms with Crippen LogP contribution >= 0.6 is 23.2 Å². The Kier molecular flexibility index (Phi) is 4.53. The Morgan fingerprint density at radius 2 is 2.08 bits per heavy atom. The van der Waals surface area contributed by atoms with Crippen molar-refractivity contribution >= 4 is 23.2 Å².